The number of hydrogen-bond donors (Lipinski definition) is 1. The third kappa shape index (κ3) is 3.93. The minimum absolute atomic E-state index is 0.846. The predicted octanol–water partition coefficient (Wildman–Crippen LogP) is 3.19. The van der Waals surface area contributed by atoms with E-state index in [1.54, 1.807) is 0 Å². The quantitative estimate of drug-likeness (QED) is 0.788. The molecule has 2 aromatic rings. The van der Waals surface area contributed by atoms with Crippen LogP contribution in [0.15, 0.2) is 60.7 Å². The average molecular weight is 226 g/mol. The molecule has 0 aromatic heterocycles. The second kappa shape index (κ2) is 6.06. The highest BCUT2D eigenvalue weighted by Crippen LogP contribution is 2.06. The number of benzene rings is 2. The highest BCUT2D eigenvalue weighted by molar-refractivity contribution is 5.42. The summed E-state index contributed by atoms with van der Waals surface area (Å²) in [6, 6.07) is 20.8. The summed E-state index contributed by atoms with van der Waals surface area (Å²) in [5.74, 6) is 0. The zero-order chi connectivity index (χ0) is 11.9. The molecular formula is C15H18N2. The van der Waals surface area contributed by atoms with Crippen LogP contribution in [0.25, 0.3) is 0 Å². The summed E-state index contributed by atoms with van der Waals surface area (Å²) in [6.45, 7) is 1.81. The average Bonchev–Trinajstić information content (AvgIpc) is 2.39. The van der Waals surface area contributed by atoms with Crippen LogP contribution in [-0.4, -0.2) is 18.6 Å². The molecule has 88 valence electrons. The molecule has 2 rings (SSSR count). The molecule has 17 heavy (non-hydrogen) atoms. The molecule has 1 N–H and O–H groups in total. The molecule has 0 bridgehead atoms. The minimum Gasteiger partial charge on any atom is -0.372 e. The van der Waals surface area contributed by atoms with Gasteiger partial charge >= 0.3 is 0 Å². The van der Waals surface area contributed by atoms with Crippen LogP contribution in [0.3, 0.4) is 0 Å². The summed E-state index contributed by atoms with van der Waals surface area (Å²) < 4.78 is 0. The Kier molecular flexibility index (Phi) is 4.17. The molecule has 0 fully saturated rings. The number of para-hydroxylation sites is 1. The normalized spacial score (nSPS) is 10.5. The Labute approximate surface area is 103 Å². The lowest BCUT2D eigenvalue weighted by molar-refractivity contribution is 0.351. The lowest BCUT2D eigenvalue weighted by Crippen LogP contribution is -2.24. The fraction of sp³-hybridized carbons (Fsp3) is 0.200. The fourth-order valence-electron chi connectivity index (χ4n) is 1.73. The molecule has 0 saturated heterocycles. The maximum atomic E-state index is 3.39. The van der Waals surface area contributed by atoms with E-state index in [2.05, 4.69) is 53.7 Å². The Balaban J connectivity index is 1.80. The Morgan fingerprint density at radius 1 is 0.882 bits per heavy atom. The van der Waals surface area contributed by atoms with Crippen molar-refractivity contribution in [1.29, 1.82) is 0 Å². The van der Waals surface area contributed by atoms with Crippen molar-refractivity contribution in [3.63, 3.8) is 0 Å². The van der Waals surface area contributed by atoms with Crippen LogP contribution in [0.5, 0.6) is 0 Å². The van der Waals surface area contributed by atoms with Gasteiger partial charge in [-0.1, -0.05) is 48.5 Å². The summed E-state index contributed by atoms with van der Waals surface area (Å²) in [7, 11) is 2.11. The van der Waals surface area contributed by atoms with Crippen molar-refractivity contribution in [3.05, 3.63) is 66.2 Å². The number of hydrogen-bond acceptors (Lipinski definition) is 2. The van der Waals surface area contributed by atoms with Crippen LogP contribution in [0.2, 0.25) is 0 Å². The van der Waals surface area contributed by atoms with E-state index in [4.69, 9.17) is 0 Å². The van der Waals surface area contributed by atoms with E-state index >= 15 is 0 Å². The fourth-order valence-corrected chi connectivity index (χ4v) is 1.73. The number of nitrogens with zero attached hydrogens (tertiary/aromatic N) is 1. The van der Waals surface area contributed by atoms with Crippen molar-refractivity contribution >= 4 is 5.69 Å². The van der Waals surface area contributed by atoms with Crippen molar-refractivity contribution in [2.45, 2.75) is 6.54 Å². The van der Waals surface area contributed by atoms with E-state index in [1.807, 2.05) is 24.3 Å². The molecule has 0 unspecified atom stereocenters. The SMILES string of the molecule is CN(CNc1ccccc1)Cc1ccccc1. The van der Waals surface area contributed by atoms with Gasteiger partial charge in [0.05, 0.1) is 6.67 Å². The predicted molar refractivity (Wildman–Crippen MR) is 72.8 cm³/mol. The summed E-state index contributed by atoms with van der Waals surface area (Å²) in [5, 5.41) is 3.39. The first kappa shape index (κ1) is 11.7. The minimum atomic E-state index is 0.846. The number of anilines is 1. The van der Waals surface area contributed by atoms with Crippen LogP contribution in [-0.2, 0) is 6.54 Å². The summed E-state index contributed by atoms with van der Waals surface area (Å²) >= 11 is 0. The zero-order valence-corrected chi connectivity index (χ0v) is 10.1. The molecule has 0 saturated carbocycles. The van der Waals surface area contributed by atoms with Gasteiger partial charge in [0.25, 0.3) is 0 Å². The van der Waals surface area contributed by atoms with Gasteiger partial charge in [0.15, 0.2) is 0 Å². The van der Waals surface area contributed by atoms with Crippen LogP contribution < -0.4 is 5.32 Å². The van der Waals surface area contributed by atoms with Gasteiger partial charge in [-0.05, 0) is 24.7 Å². The van der Waals surface area contributed by atoms with Crippen LogP contribution >= 0.6 is 0 Å². The largest absolute Gasteiger partial charge is 0.372 e. The monoisotopic (exact) mass is 226 g/mol. The Morgan fingerprint density at radius 2 is 1.47 bits per heavy atom. The van der Waals surface area contributed by atoms with Gasteiger partial charge in [-0.3, -0.25) is 4.90 Å². The smallest absolute Gasteiger partial charge is 0.0678 e. The first-order valence-electron chi connectivity index (χ1n) is 5.86. The highest BCUT2D eigenvalue weighted by Gasteiger charge is 1.99. The standard InChI is InChI=1S/C15H18N2/c1-17(12-14-8-4-2-5-9-14)13-16-15-10-6-3-7-11-15/h2-11,16H,12-13H2,1H3. The highest BCUT2D eigenvalue weighted by atomic mass is 15.2. The Morgan fingerprint density at radius 3 is 2.12 bits per heavy atom. The van der Waals surface area contributed by atoms with Crippen molar-refractivity contribution < 1.29 is 0 Å². The van der Waals surface area contributed by atoms with Gasteiger partial charge in [-0.25, -0.2) is 0 Å². The van der Waals surface area contributed by atoms with Gasteiger partial charge in [0.1, 0.15) is 0 Å². The van der Waals surface area contributed by atoms with E-state index in [-0.39, 0.29) is 0 Å². The molecule has 0 aliphatic heterocycles. The van der Waals surface area contributed by atoms with Gasteiger partial charge in [-0.15, -0.1) is 0 Å². The number of nitrogens with one attached hydrogen (secondary N) is 1. The summed E-state index contributed by atoms with van der Waals surface area (Å²) in [5.41, 5.74) is 2.50. The molecule has 2 heteroatoms. The van der Waals surface area contributed by atoms with E-state index in [9.17, 15) is 0 Å². The van der Waals surface area contributed by atoms with Crippen LogP contribution in [0.4, 0.5) is 5.69 Å². The lowest BCUT2D eigenvalue weighted by Gasteiger charge is -2.18. The molecule has 2 nitrogen and oxygen atoms in total. The van der Waals surface area contributed by atoms with Gasteiger partial charge in [0.2, 0.25) is 0 Å². The van der Waals surface area contributed by atoms with E-state index in [1.165, 1.54) is 5.56 Å². The Bertz CT molecular complexity index is 425. The third-order valence-corrected chi connectivity index (χ3v) is 2.62. The molecule has 0 spiro atoms. The first-order valence-corrected chi connectivity index (χ1v) is 5.86. The molecule has 0 aliphatic carbocycles. The molecule has 0 amide bonds. The maximum Gasteiger partial charge on any atom is 0.0678 e. The first-order chi connectivity index (χ1) is 8.34. The second-order valence-electron chi connectivity index (χ2n) is 4.20. The molecule has 2 aromatic carbocycles. The van der Waals surface area contributed by atoms with Gasteiger partial charge in [-0.2, -0.15) is 0 Å². The third-order valence-electron chi connectivity index (χ3n) is 2.62. The van der Waals surface area contributed by atoms with Crippen molar-refractivity contribution in [1.82, 2.24) is 4.90 Å². The molecule has 0 atom stereocenters. The zero-order valence-electron chi connectivity index (χ0n) is 10.1. The van der Waals surface area contributed by atoms with Crippen molar-refractivity contribution in [2.75, 3.05) is 19.0 Å². The maximum absolute atomic E-state index is 3.39. The lowest BCUT2D eigenvalue weighted by atomic mass is 10.2. The van der Waals surface area contributed by atoms with E-state index in [0.717, 1.165) is 18.9 Å². The van der Waals surface area contributed by atoms with Crippen LogP contribution in [0, 0.1) is 0 Å². The molecule has 0 heterocycles. The molecule has 0 aliphatic rings. The van der Waals surface area contributed by atoms with Crippen molar-refractivity contribution in [3.8, 4) is 0 Å². The summed E-state index contributed by atoms with van der Waals surface area (Å²) in [6.07, 6.45) is 0. The summed E-state index contributed by atoms with van der Waals surface area (Å²) in [4.78, 5) is 2.25. The van der Waals surface area contributed by atoms with E-state index in [0.29, 0.717) is 0 Å². The van der Waals surface area contributed by atoms with Gasteiger partial charge in [0, 0.05) is 12.2 Å². The van der Waals surface area contributed by atoms with Crippen molar-refractivity contribution in [2.24, 2.45) is 0 Å². The number of rotatable bonds is 5. The Hall–Kier alpha value is -1.80. The topological polar surface area (TPSA) is 15.3 Å². The van der Waals surface area contributed by atoms with Crippen LogP contribution in [0.1, 0.15) is 5.56 Å². The molecule has 0 radical (unpaired) electrons. The van der Waals surface area contributed by atoms with Gasteiger partial charge < -0.3 is 5.32 Å². The van der Waals surface area contributed by atoms with E-state index < -0.39 is 0 Å². The molecular weight excluding hydrogens is 208 g/mol. The second-order valence-corrected chi connectivity index (χ2v) is 4.20.